The van der Waals surface area contributed by atoms with Crippen LogP contribution in [0.3, 0.4) is 0 Å². The van der Waals surface area contributed by atoms with Gasteiger partial charge < -0.3 is 15.8 Å². The van der Waals surface area contributed by atoms with E-state index in [2.05, 4.69) is 5.32 Å². The van der Waals surface area contributed by atoms with Gasteiger partial charge in [-0.25, -0.2) is 4.79 Å². The van der Waals surface area contributed by atoms with Crippen molar-refractivity contribution in [1.82, 2.24) is 5.32 Å². The lowest BCUT2D eigenvalue weighted by atomic mass is 9.44. The number of amides is 1. The topological polar surface area (TPSA) is 64.3 Å². The molecule has 4 saturated carbocycles. The Morgan fingerprint density at radius 3 is 2.29 bits per heavy atom. The summed E-state index contributed by atoms with van der Waals surface area (Å²) in [6.45, 7) is 7.28. The highest BCUT2D eigenvalue weighted by Crippen LogP contribution is 2.64. The molecule has 4 rings (SSSR count). The smallest absolute Gasteiger partial charge is 0.407 e. The van der Waals surface area contributed by atoms with E-state index in [-0.39, 0.29) is 11.5 Å². The molecule has 21 heavy (non-hydrogen) atoms. The number of hydrogen-bond donors (Lipinski definition) is 2. The Bertz CT molecular complexity index is 413. The van der Waals surface area contributed by atoms with E-state index < -0.39 is 5.60 Å². The maximum Gasteiger partial charge on any atom is 0.407 e. The number of carbonyl (C=O) groups excluding carboxylic acids is 1. The molecular weight excluding hydrogens is 264 g/mol. The van der Waals surface area contributed by atoms with Crippen molar-refractivity contribution >= 4 is 6.09 Å². The molecule has 4 aliphatic carbocycles. The molecule has 0 radical (unpaired) electrons. The highest BCUT2D eigenvalue weighted by Gasteiger charge is 2.56. The molecule has 0 saturated heterocycles. The lowest BCUT2D eigenvalue weighted by molar-refractivity contribution is -0.104. The molecule has 3 unspecified atom stereocenters. The van der Waals surface area contributed by atoms with Crippen LogP contribution in [0, 0.1) is 22.7 Å². The van der Waals surface area contributed by atoms with E-state index in [1.54, 1.807) is 0 Å². The van der Waals surface area contributed by atoms with Crippen LogP contribution in [0.1, 0.15) is 59.3 Å². The molecule has 4 fully saturated rings. The van der Waals surface area contributed by atoms with Crippen LogP contribution in [0.2, 0.25) is 0 Å². The van der Waals surface area contributed by atoms with Gasteiger partial charge in [-0.3, -0.25) is 0 Å². The zero-order chi connectivity index (χ0) is 15.3. The molecule has 120 valence electrons. The van der Waals surface area contributed by atoms with Gasteiger partial charge in [0, 0.05) is 6.54 Å². The van der Waals surface area contributed by atoms with E-state index in [9.17, 15) is 4.79 Å². The first-order chi connectivity index (χ1) is 9.73. The molecule has 4 nitrogen and oxygen atoms in total. The Balaban J connectivity index is 1.64. The van der Waals surface area contributed by atoms with Gasteiger partial charge in [0.2, 0.25) is 0 Å². The van der Waals surface area contributed by atoms with Crippen LogP contribution in [-0.2, 0) is 4.74 Å². The Kier molecular flexibility index (Phi) is 3.51. The second-order valence-corrected chi connectivity index (χ2v) is 9.02. The summed E-state index contributed by atoms with van der Waals surface area (Å²) in [4.78, 5) is 11.9. The van der Waals surface area contributed by atoms with Gasteiger partial charge in [-0.05, 0) is 88.5 Å². The normalized spacial score (nSPS) is 41.1. The zero-order valence-electron chi connectivity index (χ0n) is 13.7. The molecule has 4 aliphatic rings. The van der Waals surface area contributed by atoms with E-state index >= 15 is 0 Å². The standard InChI is InChI=1S/C17H30N2O2/c1-15(2,3)21-14(20)19-11-17-7-12-4-13(8-17)6-16(5-12,9-17)10-18/h12-13H,4-11,18H2,1-3H3,(H,19,20)/t12-,13?,16?,17?/m1/s1. The summed E-state index contributed by atoms with van der Waals surface area (Å²) in [5.74, 6) is 1.66. The molecule has 0 aromatic heterocycles. The summed E-state index contributed by atoms with van der Waals surface area (Å²) in [6.07, 6.45) is 7.46. The van der Waals surface area contributed by atoms with Gasteiger partial charge in [-0.2, -0.15) is 0 Å². The number of rotatable bonds is 3. The average Bonchev–Trinajstić information content (AvgIpc) is 2.33. The highest BCUT2D eigenvalue weighted by molar-refractivity contribution is 5.67. The fourth-order valence-corrected chi connectivity index (χ4v) is 5.67. The van der Waals surface area contributed by atoms with Gasteiger partial charge in [0.05, 0.1) is 0 Å². The van der Waals surface area contributed by atoms with Crippen molar-refractivity contribution in [2.24, 2.45) is 28.4 Å². The Morgan fingerprint density at radius 2 is 1.76 bits per heavy atom. The number of nitrogens with one attached hydrogen (secondary N) is 1. The monoisotopic (exact) mass is 294 g/mol. The van der Waals surface area contributed by atoms with Gasteiger partial charge in [-0.1, -0.05) is 0 Å². The van der Waals surface area contributed by atoms with Gasteiger partial charge in [0.25, 0.3) is 0 Å². The van der Waals surface area contributed by atoms with Crippen LogP contribution in [0.15, 0.2) is 0 Å². The number of hydrogen-bond acceptors (Lipinski definition) is 3. The van der Waals surface area contributed by atoms with Crippen molar-refractivity contribution in [2.45, 2.75) is 64.9 Å². The van der Waals surface area contributed by atoms with Crippen molar-refractivity contribution in [1.29, 1.82) is 0 Å². The minimum absolute atomic E-state index is 0.278. The van der Waals surface area contributed by atoms with Gasteiger partial charge >= 0.3 is 6.09 Å². The minimum Gasteiger partial charge on any atom is -0.444 e. The van der Waals surface area contributed by atoms with E-state index in [1.165, 1.54) is 38.5 Å². The molecule has 3 N–H and O–H groups in total. The number of nitrogens with two attached hydrogens (primary N) is 1. The van der Waals surface area contributed by atoms with E-state index in [4.69, 9.17) is 10.5 Å². The molecule has 1 amide bonds. The fourth-order valence-electron chi connectivity index (χ4n) is 5.67. The van der Waals surface area contributed by atoms with E-state index in [1.807, 2.05) is 20.8 Å². The van der Waals surface area contributed by atoms with E-state index in [0.29, 0.717) is 5.41 Å². The number of carbonyl (C=O) groups is 1. The summed E-state index contributed by atoms with van der Waals surface area (Å²) >= 11 is 0. The Labute approximate surface area is 128 Å². The minimum atomic E-state index is -0.427. The van der Waals surface area contributed by atoms with Crippen LogP contribution in [-0.4, -0.2) is 24.8 Å². The molecule has 0 spiro atoms. The molecule has 0 heterocycles. The van der Waals surface area contributed by atoms with E-state index in [0.717, 1.165) is 24.9 Å². The SMILES string of the molecule is CC(C)(C)OC(=O)NCC12CC3C[C@H](CC(CN)(C3)C1)C2. The summed E-state index contributed by atoms with van der Waals surface area (Å²) in [6, 6.07) is 0. The van der Waals surface area contributed by atoms with Crippen LogP contribution in [0.5, 0.6) is 0 Å². The molecule has 4 atom stereocenters. The second-order valence-electron chi connectivity index (χ2n) is 9.02. The lowest BCUT2D eigenvalue weighted by Crippen LogP contribution is -2.57. The van der Waals surface area contributed by atoms with Crippen LogP contribution in [0.25, 0.3) is 0 Å². The third kappa shape index (κ3) is 3.05. The maximum atomic E-state index is 11.9. The fraction of sp³-hybridized carbons (Fsp3) is 0.941. The summed E-state index contributed by atoms with van der Waals surface area (Å²) < 4.78 is 5.38. The second kappa shape index (κ2) is 4.87. The molecule has 0 aromatic carbocycles. The number of ether oxygens (including phenoxy) is 1. The molecule has 4 heteroatoms. The van der Waals surface area contributed by atoms with Crippen LogP contribution >= 0.6 is 0 Å². The van der Waals surface area contributed by atoms with Crippen molar-refractivity contribution in [3.63, 3.8) is 0 Å². The predicted octanol–water partition coefficient (Wildman–Crippen LogP) is 3.06. The van der Waals surface area contributed by atoms with Crippen LogP contribution < -0.4 is 11.1 Å². The van der Waals surface area contributed by atoms with Crippen molar-refractivity contribution in [3.05, 3.63) is 0 Å². The zero-order valence-corrected chi connectivity index (χ0v) is 13.7. The maximum absolute atomic E-state index is 11.9. The van der Waals surface area contributed by atoms with Crippen molar-refractivity contribution in [2.75, 3.05) is 13.1 Å². The first kappa shape index (κ1) is 15.1. The molecule has 4 bridgehead atoms. The summed E-state index contributed by atoms with van der Waals surface area (Å²) in [5, 5.41) is 3.04. The summed E-state index contributed by atoms with van der Waals surface area (Å²) in [7, 11) is 0. The third-order valence-electron chi connectivity index (χ3n) is 5.74. The van der Waals surface area contributed by atoms with Gasteiger partial charge in [-0.15, -0.1) is 0 Å². The lowest BCUT2D eigenvalue weighted by Gasteiger charge is -2.62. The van der Waals surface area contributed by atoms with Crippen molar-refractivity contribution < 1.29 is 9.53 Å². The number of alkyl carbamates (subject to hydrolysis) is 1. The quantitative estimate of drug-likeness (QED) is 0.841. The molecule has 0 aliphatic heterocycles. The highest BCUT2D eigenvalue weighted by atomic mass is 16.6. The Hall–Kier alpha value is -0.770. The average molecular weight is 294 g/mol. The molecule has 0 aromatic rings. The largest absolute Gasteiger partial charge is 0.444 e. The first-order valence-corrected chi connectivity index (χ1v) is 8.40. The Morgan fingerprint density at radius 1 is 1.19 bits per heavy atom. The third-order valence-corrected chi connectivity index (χ3v) is 5.74. The van der Waals surface area contributed by atoms with Crippen molar-refractivity contribution in [3.8, 4) is 0 Å². The first-order valence-electron chi connectivity index (χ1n) is 8.40. The molecular formula is C17H30N2O2. The predicted molar refractivity (Wildman–Crippen MR) is 82.8 cm³/mol. The van der Waals surface area contributed by atoms with Gasteiger partial charge in [0.1, 0.15) is 5.60 Å². The summed E-state index contributed by atoms with van der Waals surface area (Å²) in [5.41, 5.74) is 6.33. The van der Waals surface area contributed by atoms with Gasteiger partial charge in [0.15, 0.2) is 0 Å². The van der Waals surface area contributed by atoms with Crippen LogP contribution in [0.4, 0.5) is 4.79 Å².